The number of carbonyl (C=O) groups is 1. The Morgan fingerprint density at radius 1 is 1.24 bits per heavy atom. The van der Waals surface area contributed by atoms with Crippen molar-refractivity contribution >= 4 is 17.3 Å². The van der Waals surface area contributed by atoms with E-state index in [4.69, 9.17) is 5.11 Å². The van der Waals surface area contributed by atoms with Crippen LogP contribution in [0.25, 0.3) is 0 Å². The zero-order valence-electron chi connectivity index (χ0n) is 10.7. The van der Waals surface area contributed by atoms with E-state index < -0.39 is 12.1 Å². The molecule has 0 aliphatic heterocycles. The molecule has 0 saturated heterocycles. The van der Waals surface area contributed by atoms with Crippen LogP contribution in [0.2, 0.25) is 0 Å². The third-order valence-corrected chi connectivity index (χ3v) is 4.09. The average Bonchev–Trinajstić information content (AvgIpc) is 2.63. The molecule has 0 saturated carbocycles. The van der Waals surface area contributed by atoms with Gasteiger partial charge in [-0.05, 0) is 29.2 Å². The largest absolute Gasteiger partial charge is 0.478 e. The molecule has 0 aliphatic carbocycles. The minimum Gasteiger partial charge on any atom is -0.478 e. The Morgan fingerprint density at radius 3 is 2.18 bits per heavy atom. The topological polar surface area (TPSA) is 57.5 Å². The van der Waals surface area contributed by atoms with Crippen molar-refractivity contribution in [1.29, 1.82) is 0 Å². The molecule has 0 radical (unpaired) electrons. The molecule has 17 heavy (non-hydrogen) atoms. The SMILES string of the molecule is CC(C)C(C(C)C)C(O)c1sccc1C(=O)O. The van der Waals surface area contributed by atoms with E-state index in [0.29, 0.717) is 16.7 Å². The summed E-state index contributed by atoms with van der Waals surface area (Å²) in [6, 6.07) is 1.56. The van der Waals surface area contributed by atoms with Crippen molar-refractivity contribution in [2.75, 3.05) is 0 Å². The number of rotatable bonds is 5. The average molecular weight is 256 g/mol. The first-order valence-corrected chi connectivity index (χ1v) is 6.73. The highest BCUT2D eigenvalue weighted by Gasteiger charge is 2.30. The van der Waals surface area contributed by atoms with Gasteiger partial charge in [0.25, 0.3) is 0 Å². The molecule has 1 aromatic heterocycles. The molecule has 1 unspecified atom stereocenters. The Labute approximate surface area is 106 Å². The summed E-state index contributed by atoms with van der Waals surface area (Å²) in [5.74, 6) is -0.263. The van der Waals surface area contributed by atoms with Crippen LogP contribution in [-0.2, 0) is 0 Å². The van der Waals surface area contributed by atoms with Gasteiger partial charge in [-0.15, -0.1) is 11.3 Å². The molecule has 0 aliphatic rings. The van der Waals surface area contributed by atoms with Crippen LogP contribution in [-0.4, -0.2) is 16.2 Å². The summed E-state index contributed by atoms with van der Waals surface area (Å²) in [4.78, 5) is 11.6. The van der Waals surface area contributed by atoms with E-state index in [0.717, 1.165) is 0 Å². The zero-order chi connectivity index (χ0) is 13.2. The minimum atomic E-state index is -0.966. The van der Waals surface area contributed by atoms with Crippen LogP contribution in [0.15, 0.2) is 11.4 Å². The van der Waals surface area contributed by atoms with Gasteiger partial charge in [0.2, 0.25) is 0 Å². The maximum absolute atomic E-state index is 11.0. The van der Waals surface area contributed by atoms with Crippen LogP contribution in [0, 0.1) is 17.8 Å². The van der Waals surface area contributed by atoms with E-state index in [1.807, 2.05) is 0 Å². The maximum atomic E-state index is 11.0. The Morgan fingerprint density at radius 2 is 1.76 bits per heavy atom. The Balaban J connectivity index is 3.05. The van der Waals surface area contributed by atoms with E-state index in [-0.39, 0.29) is 11.5 Å². The highest BCUT2D eigenvalue weighted by Crippen LogP contribution is 2.37. The van der Waals surface area contributed by atoms with Gasteiger partial charge < -0.3 is 10.2 Å². The summed E-state index contributed by atoms with van der Waals surface area (Å²) >= 11 is 1.32. The summed E-state index contributed by atoms with van der Waals surface area (Å²) in [6.45, 7) is 8.23. The predicted molar refractivity (Wildman–Crippen MR) is 69.4 cm³/mol. The summed E-state index contributed by atoms with van der Waals surface area (Å²) in [7, 11) is 0. The highest BCUT2D eigenvalue weighted by atomic mass is 32.1. The highest BCUT2D eigenvalue weighted by molar-refractivity contribution is 7.10. The lowest BCUT2D eigenvalue weighted by atomic mass is 9.80. The molecule has 0 spiro atoms. The van der Waals surface area contributed by atoms with Gasteiger partial charge in [0.1, 0.15) is 0 Å². The van der Waals surface area contributed by atoms with Crippen LogP contribution in [0.3, 0.4) is 0 Å². The second-order valence-corrected chi connectivity index (χ2v) is 5.96. The lowest BCUT2D eigenvalue weighted by molar-refractivity contribution is 0.0515. The van der Waals surface area contributed by atoms with Crippen LogP contribution >= 0.6 is 11.3 Å². The van der Waals surface area contributed by atoms with Gasteiger partial charge in [0.15, 0.2) is 0 Å². The summed E-state index contributed by atoms with van der Waals surface area (Å²) in [6.07, 6.45) is -0.693. The molecule has 96 valence electrons. The van der Waals surface area contributed by atoms with Gasteiger partial charge in [-0.25, -0.2) is 4.79 Å². The van der Waals surface area contributed by atoms with Gasteiger partial charge in [-0.2, -0.15) is 0 Å². The van der Waals surface area contributed by atoms with Crippen LogP contribution < -0.4 is 0 Å². The van der Waals surface area contributed by atoms with Crippen molar-refractivity contribution in [2.45, 2.75) is 33.8 Å². The number of thiophene rings is 1. The molecule has 3 nitrogen and oxygen atoms in total. The van der Waals surface area contributed by atoms with Crippen LogP contribution in [0.4, 0.5) is 0 Å². The summed E-state index contributed by atoms with van der Waals surface area (Å²) in [5.41, 5.74) is 0.230. The Kier molecular flexibility index (Phi) is 4.71. The second kappa shape index (κ2) is 5.65. The Hall–Kier alpha value is -0.870. The molecule has 1 rings (SSSR count). The first-order chi connectivity index (χ1) is 7.86. The molecular weight excluding hydrogens is 236 g/mol. The fraction of sp³-hybridized carbons (Fsp3) is 0.615. The van der Waals surface area contributed by atoms with Gasteiger partial charge in [-0.3, -0.25) is 0 Å². The molecule has 0 fully saturated rings. The Bertz CT molecular complexity index is 374. The standard InChI is InChI=1S/C13H20O3S/c1-7(2)10(8(3)4)11(14)12-9(13(15)16)5-6-17-12/h5-8,10-11,14H,1-4H3,(H,15,16). The molecule has 1 heterocycles. The number of carboxylic acid groups (broad SMARTS) is 1. The maximum Gasteiger partial charge on any atom is 0.336 e. The number of hydrogen-bond donors (Lipinski definition) is 2. The van der Waals surface area contributed by atoms with Gasteiger partial charge in [-0.1, -0.05) is 27.7 Å². The summed E-state index contributed by atoms with van der Waals surface area (Å²) in [5, 5.41) is 21.2. The quantitative estimate of drug-likeness (QED) is 0.848. The first kappa shape index (κ1) is 14.2. The van der Waals surface area contributed by atoms with E-state index in [9.17, 15) is 9.90 Å². The van der Waals surface area contributed by atoms with Crippen molar-refractivity contribution in [2.24, 2.45) is 17.8 Å². The number of hydrogen-bond acceptors (Lipinski definition) is 3. The third-order valence-electron chi connectivity index (χ3n) is 3.10. The van der Waals surface area contributed by atoms with Crippen LogP contribution in [0.5, 0.6) is 0 Å². The normalized spacial score (nSPS) is 13.6. The van der Waals surface area contributed by atoms with E-state index >= 15 is 0 Å². The minimum absolute atomic E-state index is 0.0757. The molecule has 2 N–H and O–H groups in total. The molecular formula is C13H20O3S. The predicted octanol–water partition coefficient (Wildman–Crippen LogP) is 3.41. The number of aliphatic hydroxyl groups excluding tert-OH is 1. The monoisotopic (exact) mass is 256 g/mol. The van der Waals surface area contributed by atoms with E-state index in [1.54, 1.807) is 11.4 Å². The fourth-order valence-corrected chi connectivity index (χ4v) is 3.33. The van der Waals surface area contributed by atoms with Crippen molar-refractivity contribution in [3.63, 3.8) is 0 Å². The van der Waals surface area contributed by atoms with Crippen LogP contribution in [0.1, 0.15) is 49.0 Å². The number of carboxylic acids is 1. The van der Waals surface area contributed by atoms with Crippen molar-refractivity contribution in [1.82, 2.24) is 0 Å². The first-order valence-electron chi connectivity index (χ1n) is 5.85. The third kappa shape index (κ3) is 3.07. The van der Waals surface area contributed by atoms with Crippen molar-refractivity contribution in [3.05, 3.63) is 21.9 Å². The number of aliphatic hydroxyl groups is 1. The lowest BCUT2D eigenvalue weighted by Crippen LogP contribution is -2.24. The zero-order valence-corrected chi connectivity index (χ0v) is 11.5. The van der Waals surface area contributed by atoms with Crippen molar-refractivity contribution < 1.29 is 15.0 Å². The van der Waals surface area contributed by atoms with Gasteiger partial charge in [0.05, 0.1) is 11.7 Å². The summed E-state index contributed by atoms with van der Waals surface area (Å²) < 4.78 is 0. The molecule has 0 bridgehead atoms. The molecule has 0 amide bonds. The molecule has 4 heteroatoms. The van der Waals surface area contributed by atoms with Gasteiger partial charge in [0, 0.05) is 4.88 Å². The molecule has 0 aromatic carbocycles. The molecule has 1 aromatic rings. The second-order valence-electron chi connectivity index (χ2n) is 5.01. The fourth-order valence-electron chi connectivity index (χ4n) is 2.40. The number of aromatic carboxylic acids is 1. The smallest absolute Gasteiger partial charge is 0.336 e. The lowest BCUT2D eigenvalue weighted by Gasteiger charge is -2.29. The van der Waals surface area contributed by atoms with Gasteiger partial charge >= 0.3 is 5.97 Å². The molecule has 1 atom stereocenters. The van der Waals surface area contributed by atoms with E-state index in [2.05, 4.69) is 27.7 Å². The van der Waals surface area contributed by atoms with E-state index in [1.165, 1.54) is 11.3 Å². The van der Waals surface area contributed by atoms with Crippen molar-refractivity contribution in [3.8, 4) is 0 Å².